The van der Waals surface area contributed by atoms with Gasteiger partial charge in [0.15, 0.2) is 0 Å². The number of hydrogen-bond acceptors (Lipinski definition) is 4. The number of fused-ring (bicyclic) bond motifs is 1. The van der Waals surface area contributed by atoms with Gasteiger partial charge in [0.05, 0.1) is 11.3 Å². The predicted octanol–water partition coefficient (Wildman–Crippen LogP) is 3.63. The van der Waals surface area contributed by atoms with Crippen molar-refractivity contribution in [3.05, 3.63) is 33.9 Å². The van der Waals surface area contributed by atoms with Crippen LogP contribution in [0.2, 0.25) is 5.02 Å². The highest BCUT2D eigenvalue weighted by atomic mass is 35.5. The second-order valence-corrected chi connectivity index (χ2v) is 9.75. The molecule has 3 rings (SSSR count). The average molecular weight is 419 g/mol. The lowest BCUT2D eigenvalue weighted by atomic mass is 9.99. The van der Waals surface area contributed by atoms with Gasteiger partial charge in [-0.05, 0) is 43.9 Å². The number of amides is 1. The topological polar surface area (TPSA) is 66.5 Å². The Morgan fingerprint density at radius 2 is 2.19 bits per heavy atom. The van der Waals surface area contributed by atoms with Crippen molar-refractivity contribution < 1.29 is 17.6 Å². The molecule has 1 saturated heterocycles. The van der Waals surface area contributed by atoms with Crippen molar-refractivity contribution in [2.75, 3.05) is 19.3 Å². The fraction of sp³-hybridized carbons (Fsp3) is 0.471. The minimum Gasteiger partial charge on any atom is -0.335 e. The number of carbonyl (C=O) groups excluding carboxylic acids is 1. The van der Waals surface area contributed by atoms with Gasteiger partial charge in [0, 0.05) is 29.2 Å². The summed E-state index contributed by atoms with van der Waals surface area (Å²) >= 11 is 7.58. The molecular formula is C17H20ClFN2O3S2. The molecule has 1 aromatic heterocycles. The standard InChI is InChI=1S/C17H20ClFN2O3S2/c1-26(23,24)20-8-7-12-4-2-3-9-21(12)17(22)16-15(18)13-6-5-11(19)10-14(13)25-16/h5-6,10,12,20H,2-4,7-9H2,1H3/t12-/m0/s1. The lowest BCUT2D eigenvalue weighted by Gasteiger charge is -2.35. The van der Waals surface area contributed by atoms with Crippen molar-refractivity contribution in [1.82, 2.24) is 9.62 Å². The van der Waals surface area contributed by atoms with Crippen LogP contribution in [0, 0.1) is 5.82 Å². The molecule has 0 spiro atoms. The summed E-state index contributed by atoms with van der Waals surface area (Å²) < 4.78 is 39.1. The van der Waals surface area contributed by atoms with Crippen LogP contribution in [-0.2, 0) is 10.0 Å². The lowest BCUT2D eigenvalue weighted by Crippen LogP contribution is -2.45. The van der Waals surface area contributed by atoms with Crippen LogP contribution in [0.1, 0.15) is 35.4 Å². The second-order valence-electron chi connectivity index (χ2n) is 6.49. The highest BCUT2D eigenvalue weighted by molar-refractivity contribution is 7.88. The monoisotopic (exact) mass is 418 g/mol. The summed E-state index contributed by atoms with van der Waals surface area (Å²) in [5.41, 5.74) is 0. The van der Waals surface area contributed by atoms with Gasteiger partial charge in [-0.3, -0.25) is 4.79 Å². The molecule has 0 aliphatic carbocycles. The van der Waals surface area contributed by atoms with Crippen LogP contribution in [0.15, 0.2) is 18.2 Å². The van der Waals surface area contributed by atoms with E-state index in [1.807, 2.05) is 0 Å². The largest absolute Gasteiger partial charge is 0.335 e. The summed E-state index contributed by atoms with van der Waals surface area (Å²) in [6, 6.07) is 4.26. The molecule has 26 heavy (non-hydrogen) atoms. The molecule has 1 aliphatic heterocycles. The first-order valence-electron chi connectivity index (χ1n) is 8.39. The molecule has 2 heterocycles. The number of likely N-dealkylation sites (tertiary alicyclic amines) is 1. The van der Waals surface area contributed by atoms with Gasteiger partial charge >= 0.3 is 0 Å². The average Bonchev–Trinajstić information content (AvgIpc) is 2.89. The number of rotatable bonds is 5. The summed E-state index contributed by atoms with van der Waals surface area (Å²) in [5.74, 6) is -0.530. The first-order chi connectivity index (χ1) is 12.3. The first-order valence-corrected chi connectivity index (χ1v) is 11.5. The van der Waals surface area contributed by atoms with Gasteiger partial charge in [0.1, 0.15) is 10.7 Å². The number of hydrogen-bond donors (Lipinski definition) is 1. The number of thiophene rings is 1. The molecule has 2 aromatic rings. The molecule has 1 aliphatic rings. The molecule has 9 heteroatoms. The molecule has 1 fully saturated rings. The Kier molecular flexibility index (Phi) is 5.86. The van der Waals surface area contributed by atoms with E-state index in [1.165, 1.54) is 23.5 Å². The van der Waals surface area contributed by atoms with Crippen LogP contribution in [0.25, 0.3) is 10.1 Å². The highest BCUT2D eigenvalue weighted by Gasteiger charge is 2.30. The van der Waals surface area contributed by atoms with Crippen molar-refractivity contribution in [3.63, 3.8) is 0 Å². The number of benzene rings is 1. The van der Waals surface area contributed by atoms with Crippen LogP contribution in [0.3, 0.4) is 0 Å². The van der Waals surface area contributed by atoms with Crippen LogP contribution < -0.4 is 4.72 Å². The zero-order valence-corrected chi connectivity index (χ0v) is 16.7. The van der Waals surface area contributed by atoms with E-state index < -0.39 is 10.0 Å². The molecule has 1 aromatic carbocycles. The summed E-state index contributed by atoms with van der Waals surface area (Å²) in [4.78, 5) is 15.3. The summed E-state index contributed by atoms with van der Waals surface area (Å²) in [7, 11) is -3.25. The smallest absolute Gasteiger partial charge is 0.265 e. The summed E-state index contributed by atoms with van der Waals surface area (Å²) in [6.07, 6.45) is 4.40. The Bertz CT molecular complexity index is 929. The molecule has 142 valence electrons. The van der Waals surface area contributed by atoms with Crippen molar-refractivity contribution >= 4 is 49.0 Å². The molecule has 1 amide bonds. The van der Waals surface area contributed by atoms with Gasteiger partial charge in [0.2, 0.25) is 10.0 Å². The van der Waals surface area contributed by atoms with Gasteiger partial charge in [-0.2, -0.15) is 0 Å². The maximum Gasteiger partial charge on any atom is 0.265 e. The minimum atomic E-state index is -3.25. The number of nitrogens with zero attached hydrogens (tertiary/aromatic N) is 1. The van der Waals surface area contributed by atoms with E-state index >= 15 is 0 Å². The van der Waals surface area contributed by atoms with E-state index in [-0.39, 0.29) is 17.8 Å². The van der Waals surface area contributed by atoms with Gasteiger partial charge in [0.25, 0.3) is 5.91 Å². The molecule has 1 atom stereocenters. The number of piperidine rings is 1. The third kappa shape index (κ3) is 4.36. The second kappa shape index (κ2) is 7.80. The quantitative estimate of drug-likeness (QED) is 0.806. The van der Waals surface area contributed by atoms with E-state index in [1.54, 1.807) is 11.0 Å². The summed E-state index contributed by atoms with van der Waals surface area (Å²) in [5, 5.41) is 1.03. The molecule has 0 bridgehead atoms. The normalized spacial score (nSPS) is 18.4. The van der Waals surface area contributed by atoms with Crippen molar-refractivity contribution in [3.8, 4) is 0 Å². The van der Waals surface area contributed by atoms with Gasteiger partial charge in [-0.15, -0.1) is 11.3 Å². The Labute approximate surface area is 161 Å². The SMILES string of the molecule is CS(=O)(=O)NCC[C@@H]1CCCCN1C(=O)c1sc2cc(F)ccc2c1Cl. The van der Waals surface area contributed by atoms with Crippen LogP contribution >= 0.6 is 22.9 Å². The molecule has 5 nitrogen and oxygen atoms in total. The molecular weight excluding hydrogens is 399 g/mol. The Hall–Kier alpha value is -1.22. The van der Waals surface area contributed by atoms with Crippen LogP contribution in [-0.4, -0.2) is 44.6 Å². The molecule has 1 N–H and O–H groups in total. The Morgan fingerprint density at radius 1 is 1.42 bits per heavy atom. The Morgan fingerprint density at radius 3 is 2.92 bits per heavy atom. The van der Waals surface area contributed by atoms with Crippen LogP contribution in [0.4, 0.5) is 4.39 Å². The van der Waals surface area contributed by atoms with Crippen molar-refractivity contribution in [2.45, 2.75) is 31.7 Å². The third-order valence-corrected chi connectivity index (χ3v) is 6.89. The zero-order valence-electron chi connectivity index (χ0n) is 14.3. The Balaban J connectivity index is 1.81. The molecule has 0 radical (unpaired) electrons. The first kappa shape index (κ1) is 19.5. The van der Waals surface area contributed by atoms with Gasteiger partial charge in [-0.1, -0.05) is 11.6 Å². The van der Waals surface area contributed by atoms with E-state index in [0.29, 0.717) is 39.5 Å². The van der Waals surface area contributed by atoms with E-state index in [4.69, 9.17) is 11.6 Å². The van der Waals surface area contributed by atoms with E-state index in [9.17, 15) is 17.6 Å². The summed E-state index contributed by atoms with van der Waals surface area (Å²) in [6.45, 7) is 0.903. The number of halogens is 2. The number of sulfonamides is 1. The van der Waals surface area contributed by atoms with E-state index in [0.717, 1.165) is 25.5 Å². The minimum absolute atomic E-state index is 0.0384. The fourth-order valence-electron chi connectivity index (χ4n) is 3.29. The maximum absolute atomic E-state index is 13.4. The highest BCUT2D eigenvalue weighted by Crippen LogP contribution is 2.37. The van der Waals surface area contributed by atoms with E-state index in [2.05, 4.69) is 4.72 Å². The van der Waals surface area contributed by atoms with Crippen molar-refractivity contribution in [2.24, 2.45) is 0 Å². The lowest BCUT2D eigenvalue weighted by molar-refractivity contribution is 0.0609. The predicted molar refractivity (Wildman–Crippen MR) is 103 cm³/mol. The fourth-order valence-corrected chi connectivity index (χ4v) is 5.27. The maximum atomic E-state index is 13.4. The van der Waals surface area contributed by atoms with Gasteiger partial charge in [-0.25, -0.2) is 17.5 Å². The molecule has 0 unspecified atom stereocenters. The zero-order chi connectivity index (χ0) is 18.9. The van der Waals surface area contributed by atoms with Crippen LogP contribution in [0.5, 0.6) is 0 Å². The number of nitrogens with one attached hydrogen (secondary N) is 1. The molecule has 0 saturated carbocycles. The van der Waals surface area contributed by atoms with Crippen molar-refractivity contribution in [1.29, 1.82) is 0 Å². The number of carbonyl (C=O) groups is 1. The van der Waals surface area contributed by atoms with Gasteiger partial charge < -0.3 is 4.90 Å². The third-order valence-electron chi connectivity index (χ3n) is 4.52.